The zero-order valence-electron chi connectivity index (χ0n) is 11.5. The van der Waals surface area contributed by atoms with E-state index >= 15 is 0 Å². The van der Waals surface area contributed by atoms with E-state index in [0.29, 0.717) is 32.7 Å². The molecule has 0 bridgehead atoms. The summed E-state index contributed by atoms with van der Waals surface area (Å²) >= 11 is 0. The number of carbonyl (C=O) groups is 2. The Labute approximate surface area is 113 Å². The highest BCUT2D eigenvalue weighted by atomic mass is 16.5. The average Bonchev–Trinajstić information content (AvgIpc) is 2.80. The van der Waals surface area contributed by atoms with Gasteiger partial charge in [-0.05, 0) is 19.8 Å². The molecule has 2 aliphatic heterocycles. The number of carboxylic acid groups (broad SMARTS) is 1. The molecule has 2 heterocycles. The molecule has 0 saturated carbocycles. The van der Waals surface area contributed by atoms with Crippen LogP contribution in [0.3, 0.4) is 0 Å². The van der Waals surface area contributed by atoms with Gasteiger partial charge in [-0.2, -0.15) is 0 Å². The van der Waals surface area contributed by atoms with Crippen LogP contribution in [0.5, 0.6) is 0 Å². The SMILES string of the molecule is CCC1COCCN1C(=O)N1CCC(C(=O)O)C1C. The number of hydrogen-bond donors (Lipinski definition) is 1. The molecule has 2 amide bonds. The van der Waals surface area contributed by atoms with Gasteiger partial charge in [0.2, 0.25) is 0 Å². The Morgan fingerprint density at radius 1 is 1.32 bits per heavy atom. The Hall–Kier alpha value is -1.30. The van der Waals surface area contributed by atoms with E-state index in [0.717, 1.165) is 6.42 Å². The molecule has 108 valence electrons. The van der Waals surface area contributed by atoms with E-state index in [9.17, 15) is 9.59 Å². The number of rotatable bonds is 2. The summed E-state index contributed by atoms with van der Waals surface area (Å²) in [5.41, 5.74) is 0. The maximum Gasteiger partial charge on any atom is 0.320 e. The van der Waals surface area contributed by atoms with Crippen molar-refractivity contribution in [2.45, 2.75) is 38.8 Å². The van der Waals surface area contributed by atoms with Crippen molar-refractivity contribution in [3.05, 3.63) is 0 Å². The van der Waals surface area contributed by atoms with Gasteiger partial charge in [-0.15, -0.1) is 0 Å². The van der Waals surface area contributed by atoms with Crippen LogP contribution in [0.4, 0.5) is 4.79 Å². The molecule has 2 aliphatic rings. The first-order valence-electron chi connectivity index (χ1n) is 6.94. The van der Waals surface area contributed by atoms with Gasteiger partial charge in [0.25, 0.3) is 0 Å². The number of morpholine rings is 1. The lowest BCUT2D eigenvalue weighted by Gasteiger charge is -2.38. The second-order valence-electron chi connectivity index (χ2n) is 5.28. The van der Waals surface area contributed by atoms with Gasteiger partial charge in [0, 0.05) is 19.1 Å². The van der Waals surface area contributed by atoms with Gasteiger partial charge in [-0.25, -0.2) is 4.79 Å². The third kappa shape index (κ3) is 2.68. The average molecular weight is 270 g/mol. The zero-order chi connectivity index (χ0) is 14.0. The second kappa shape index (κ2) is 5.77. The molecule has 0 aromatic carbocycles. The highest BCUT2D eigenvalue weighted by molar-refractivity contribution is 5.78. The molecule has 0 radical (unpaired) electrons. The fraction of sp³-hybridized carbons (Fsp3) is 0.846. The lowest BCUT2D eigenvalue weighted by molar-refractivity contribution is -0.142. The Morgan fingerprint density at radius 3 is 2.63 bits per heavy atom. The number of ether oxygens (including phenoxy) is 1. The Morgan fingerprint density at radius 2 is 2.05 bits per heavy atom. The zero-order valence-corrected chi connectivity index (χ0v) is 11.5. The molecular formula is C13H22N2O4. The number of hydrogen-bond acceptors (Lipinski definition) is 3. The van der Waals surface area contributed by atoms with Crippen LogP contribution in [-0.2, 0) is 9.53 Å². The molecule has 0 spiro atoms. The summed E-state index contributed by atoms with van der Waals surface area (Å²) in [5, 5.41) is 9.12. The second-order valence-corrected chi connectivity index (χ2v) is 5.28. The fourth-order valence-corrected chi connectivity index (χ4v) is 2.95. The van der Waals surface area contributed by atoms with E-state index in [1.165, 1.54) is 0 Å². The van der Waals surface area contributed by atoms with Crippen molar-refractivity contribution in [2.75, 3.05) is 26.3 Å². The van der Waals surface area contributed by atoms with E-state index in [1.807, 2.05) is 18.7 Å². The molecule has 0 aliphatic carbocycles. The minimum atomic E-state index is -0.809. The van der Waals surface area contributed by atoms with Gasteiger partial charge in [-0.3, -0.25) is 4.79 Å². The first kappa shape index (κ1) is 14.1. The first-order chi connectivity index (χ1) is 9.06. The largest absolute Gasteiger partial charge is 0.481 e. The molecule has 3 atom stereocenters. The maximum absolute atomic E-state index is 12.6. The number of carbonyl (C=O) groups excluding carboxylic acids is 1. The number of amides is 2. The van der Waals surface area contributed by atoms with E-state index < -0.39 is 11.9 Å². The van der Waals surface area contributed by atoms with Crippen molar-refractivity contribution in [1.29, 1.82) is 0 Å². The summed E-state index contributed by atoms with van der Waals surface area (Å²) in [5.74, 6) is -1.25. The predicted molar refractivity (Wildman–Crippen MR) is 68.9 cm³/mol. The highest BCUT2D eigenvalue weighted by Crippen LogP contribution is 2.26. The molecule has 6 heteroatoms. The van der Waals surface area contributed by atoms with Crippen molar-refractivity contribution < 1.29 is 19.4 Å². The van der Waals surface area contributed by atoms with Crippen LogP contribution >= 0.6 is 0 Å². The van der Waals surface area contributed by atoms with Crippen LogP contribution in [-0.4, -0.2) is 65.3 Å². The quantitative estimate of drug-likeness (QED) is 0.813. The Kier molecular flexibility index (Phi) is 4.29. The number of aliphatic carboxylic acids is 1. The van der Waals surface area contributed by atoms with E-state index in [4.69, 9.17) is 9.84 Å². The molecule has 19 heavy (non-hydrogen) atoms. The van der Waals surface area contributed by atoms with Gasteiger partial charge < -0.3 is 19.6 Å². The molecule has 2 saturated heterocycles. The topological polar surface area (TPSA) is 70.1 Å². The van der Waals surface area contributed by atoms with Crippen molar-refractivity contribution in [3.63, 3.8) is 0 Å². The number of urea groups is 1. The van der Waals surface area contributed by atoms with Gasteiger partial charge in [0.15, 0.2) is 0 Å². The Bertz CT molecular complexity index is 361. The molecule has 0 aromatic heterocycles. The summed E-state index contributed by atoms with van der Waals surface area (Å²) in [7, 11) is 0. The molecule has 2 rings (SSSR count). The molecule has 2 fully saturated rings. The summed E-state index contributed by atoms with van der Waals surface area (Å²) in [6.07, 6.45) is 1.40. The minimum Gasteiger partial charge on any atom is -0.481 e. The molecule has 3 unspecified atom stereocenters. The van der Waals surface area contributed by atoms with Crippen LogP contribution in [0.15, 0.2) is 0 Å². The van der Waals surface area contributed by atoms with Crippen LogP contribution in [0, 0.1) is 5.92 Å². The van der Waals surface area contributed by atoms with Gasteiger partial charge in [0.1, 0.15) is 0 Å². The van der Waals surface area contributed by atoms with E-state index in [-0.39, 0.29) is 18.1 Å². The van der Waals surface area contributed by atoms with Crippen LogP contribution in [0.1, 0.15) is 26.7 Å². The van der Waals surface area contributed by atoms with Crippen LogP contribution < -0.4 is 0 Å². The molecular weight excluding hydrogens is 248 g/mol. The molecule has 1 N–H and O–H groups in total. The first-order valence-corrected chi connectivity index (χ1v) is 6.94. The number of nitrogens with zero attached hydrogens (tertiary/aromatic N) is 2. The van der Waals surface area contributed by atoms with Crippen molar-refractivity contribution in [2.24, 2.45) is 5.92 Å². The Balaban J connectivity index is 2.05. The normalized spacial score (nSPS) is 31.6. The summed E-state index contributed by atoms with van der Waals surface area (Å²) < 4.78 is 5.40. The number of likely N-dealkylation sites (tertiary alicyclic amines) is 1. The standard InChI is InChI=1S/C13H22N2O4/c1-3-10-8-19-7-6-15(10)13(18)14-5-4-11(9(14)2)12(16)17/h9-11H,3-8H2,1-2H3,(H,16,17). The fourth-order valence-electron chi connectivity index (χ4n) is 2.95. The van der Waals surface area contributed by atoms with Crippen molar-refractivity contribution >= 4 is 12.0 Å². The molecule has 6 nitrogen and oxygen atoms in total. The predicted octanol–water partition coefficient (Wildman–Crippen LogP) is 1.01. The third-order valence-electron chi connectivity index (χ3n) is 4.26. The summed E-state index contributed by atoms with van der Waals surface area (Å²) in [6, 6.07) is -0.158. The van der Waals surface area contributed by atoms with Crippen molar-refractivity contribution in [3.8, 4) is 0 Å². The van der Waals surface area contributed by atoms with E-state index in [1.54, 1.807) is 4.90 Å². The molecule has 0 aromatic rings. The lowest BCUT2D eigenvalue weighted by atomic mass is 10.0. The van der Waals surface area contributed by atoms with Crippen LogP contribution in [0.2, 0.25) is 0 Å². The van der Waals surface area contributed by atoms with Crippen LogP contribution in [0.25, 0.3) is 0 Å². The van der Waals surface area contributed by atoms with E-state index in [2.05, 4.69) is 0 Å². The highest BCUT2D eigenvalue weighted by Gasteiger charge is 2.41. The summed E-state index contributed by atoms with van der Waals surface area (Å²) in [4.78, 5) is 27.2. The van der Waals surface area contributed by atoms with Crippen molar-refractivity contribution in [1.82, 2.24) is 9.80 Å². The van der Waals surface area contributed by atoms with Gasteiger partial charge >= 0.3 is 12.0 Å². The monoisotopic (exact) mass is 270 g/mol. The van der Waals surface area contributed by atoms with Gasteiger partial charge in [0.05, 0.1) is 25.2 Å². The number of carboxylic acids is 1. The lowest BCUT2D eigenvalue weighted by Crippen LogP contribution is -2.54. The smallest absolute Gasteiger partial charge is 0.320 e. The third-order valence-corrected chi connectivity index (χ3v) is 4.26. The maximum atomic E-state index is 12.6. The summed E-state index contributed by atoms with van der Waals surface area (Å²) in [6.45, 7) is 6.13. The minimum absolute atomic E-state index is 0.0357. The van der Waals surface area contributed by atoms with Gasteiger partial charge in [-0.1, -0.05) is 6.92 Å².